The second-order valence-electron chi connectivity index (χ2n) is 4.95. The third-order valence-corrected chi connectivity index (χ3v) is 4.52. The lowest BCUT2D eigenvalue weighted by atomic mass is 10.1. The summed E-state index contributed by atoms with van der Waals surface area (Å²) in [4.78, 5) is 14.6. The van der Waals surface area contributed by atoms with E-state index in [1.807, 2.05) is 0 Å². The fourth-order valence-electron chi connectivity index (χ4n) is 2.46. The Morgan fingerprint density at radius 2 is 2.25 bits per heavy atom. The molecule has 1 aliphatic heterocycles. The Balaban J connectivity index is 1.96. The van der Waals surface area contributed by atoms with Crippen molar-refractivity contribution in [1.82, 2.24) is 4.90 Å². The van der Waals surface area contributed by atoms with Gasteiger partial charge >= 0.3 is 0 Å². The molecule has 1 aromatic carbocycles. The average Bonchev–Trinajstić information content (AvgIpc) is 2.48. The smallest absolute Gasteiger partial charge is 0.165 e. The number of hydrogen-bond donors (Lipinski definition) is 0. The molecule has 0 N–H and O–H groups in total. The van der Waals surface area contributed by atoms with Crippen LogP contribution in [0.5, 0.6) is 0 Å². The van der Waals surface area contributed by atoms with Gasteiger partial charge < -0.3 is 4.74 Å². The van der Waals surface area contributed by atoms with Gasteiger partial charge in [0.1, 0.15) is 0 Å². The van der Waals surface area contributed by atoms with E-state index in [9.17, 15) is 4.79 Å². The fourth-order valence-corrected chi connectivity index (χ4v) is 2.86. The van der Waals surface area contributed by atoms with Gasteiger partial charge in [0.15, 0.2) is 5.78 Å². The number of ketones is 1. The van der Waals surface area contributed by atoms with Gasteiger partial charge in [0.2, 0.25) is 0 Å². The van der Waals surface area contributed by atoms with Crippen LogP contribution >= 0.6 is 23.2 Å². The number of carbonyl (C=O) groups is 1. The number of Topliss-reactive ketones (excluding diaryl/α,β-unsaturated/α-hetero) is 1. The number of morpholine rings is 1. The summed E-state index contributed by atoms with van der Waals surface area (Å²) in [7, 11) is 0. The van der Waals surface area contributed by atoms with Crippen LogP contribution in [0, 0.1) is 0 Å². The third kappa shape index (κ3) is 3.73. The number of rotatable bonds is 5. The number of benzene rings is 1. The maximum Gasteiger partial charge on any atom is 0.165 e. The molecule has 0 radical (unpaired) electrons. The standard InChI is InChI=1S/C15H19Cl2NO2/c1-2-11-10-20-9-8-18(11)7-6-14(19)12-4-3-5-13(16)15(12)17/h3-5,11H,2,6-10H2,1H3. The highest BCUT2D eigenvalue weighted by molar-refractivity contribution is 6.43. The quantitative estimate of drug-likeness (QED) is 0.776. The van der Waals surface area contributed by atoms with Crippen LogP contribution < -0.4 is 0 Å². The highest BCUT2D eigenvalue weighted by Crippen LogP contribution is 2.26. The highest BCUT2D eigenvalue weighted by Gasteiger charge is 2.22. The normalized spacial score (nSPS) is 20.1. The largest absolute Gasteiger partial charge is 0.378 e. The number of carbonyl (C=O) groups excluding carboxylic acids is 1. The lowest BCUT2D eigenvalue weighted by Gasteiger charge is -2.34. The van der Waals surface area contributed by atoms with Crippen LogP contribution in [0.15, 0.2) is 18.2 Å². The van der Waals surface area contributed by atoms with Gasteiger partial charge in [0.25, 0.3) is 0 Å². The third-order valence-electron chi connectivity index (χ3n) is 3.70. The molecule has 0 aliphatic carbocycles. The zero-order valence-electron chi connectivity index (χ0n) is 11.6. The van der Waals surface area contributed by atoms with Gasteiger partial charge in [-0.3, -0.25) is 9.69 Å². The van der Waals surface area contributed by atoms with E-state index in [-0.39, 0.29) is 5.78 Å². The molecule has 0 bridgehead atoms. The summed E-state index contributed by atoms with van der Waals surface area (Å²) >= 11 is 12.0. The molecule has 0 spiro atoms. The molecule has 1 unspecified atom stereocenters. The van der Waals surface area contributed by atoms with E-state index in [4.69, 9.17) is 27.9 Å². The second-order valence-corrected chi connectivity index (χ2v) is 5.73. The van der Waals surface area contributed by atoms with E-state index < -0.39 is 0 Å². The van der Waals surface area contributed by atoms with Gasteiger partial charge in [-0.1, -0.05) is 36.2 Å². The summed E-state index contributed by atoms with van der Waals surface area (Å²) in [5.74, 6) is 0.0406. The van der Waals surface area contributed by atoms with Crippen LogP contribution in [0.25, 0.3) is 0 Å². The Morgan fingerprint density at radius 1 is 1.45 bits per heavy atom. The second kappa shape index (κ2) is 7.41. The number of hydrogen-bond acceptors (Lipinski definition) is 3. The first-order valence-electron chi connectivity index (χ1n) is 6.92. The van der Waals surface area contributed by atoms with Gasteiger partial charge in [-0.05, 0) is 18.6 Å². The van der Waals surface area contributed by atoms with Crippen LogP contribution in [0.1, 0.15) is 30.1 Å². The SMILES string of the molecule is CCC1COCCN1CCC(=O)c1cccc(Cl)c1Cl. The van der Waals surface area contributed by atoms with Gasteiger partial charge in [-0.2, -0.15) is 0 Å². The molecule has 1 heterocycles. The molecule has 1 saturated heterocycles. The van der Waals surface area contributed by atoms with E-state index in [2.05, 4.69) is 11.8 Å². The maximum atomic E-state index is 12.3. The van der Waals surface area contributed by atoms with Crippen molar-refractivity contribution < 1.29 is 9.53 Å². The fraction of sp³-hybridized carbons (Fsp3) is 0.533. The van der Waals surface area contributed by atoms with Crippen LogP contribution in [-0.4, -0.2) is 43.0 Å². The van der Waals surface area contributed by atoms with Crippen molar-refractivity contribution >= 4 is 29.0 Å². The molecule has 110 valence electrons. The maximum absolute atomic E-state index is 12.3. The van der Waals surface area contributed by atoms with Crippen LogP contribution in [0.2, 0.25) is 10.0 Å². The minimum absolute atomic E-state index is 0.0406. The van der Waals surface area contributed by atoms with Crippen molar-refractivity contribution in [2.24, 2.45) is 0 Å². The molecular weight excluding hydrogens is 297 g/mol. The predicted octanol–water partition coefficient (Wildman–Crippen LogP) is 3.68. The molecule has 0 aromatic heterocycles. The van der Waals surface area contributed by atoms with Gasteiger partial charge in [0.05, 0.1) is 23.3 Å². The predicted molar refractivity (Wildman–Crippen MR) is 81.9 cm³/mol. The summed E-state index contributed by atoms with van der Waals surface area (Å²) in [6, 6.07) is 5.58. The molecule has 5 heteroatoms. The van der Waals surface area contributed by atoms with Gasteiger partial charge in [-0.25, -0.2) is 0 Å². The van der Waals surface area contributed by atoms with Crippen molar-refractivity contribution in [3.8, 4) is 0 Å². The zero-order chi connectivity index (χ0) is 14.5. The number of nitrogens with zero attached hydrogens (tertiary/aromatic N) is 1. The molecule has 3 nitrogen and oxygen atoms in total. The Bertz CT molecular complexity index is 479. The monoisotopic (exact) mass is 315 g/mol. The van der Waals surface area contributed by atoms with E-state index in [1.165, 1.54) is 0 Å². The minimum Gasteiger partial charge on any atom is -0.378 e. The summed E-state index contributed by atoms with van der Waals surface area (Å²) in [6.07, 6.45) is 1.49. The van der Waals surface area contributed by atoms with Gasteiger partial charge in [0, 0.05) is 31.1 Å². The molecule has 1 fully saturated rings. The summed E-state index contributed by atoms with van der Waals surface area (Å²) in [6.45, 7) is 5.26. The lowest BCUT2D eigenvalue weighted by Crippen LogP contribution is -2.45. The Morgan fingerprint density at radius 3 is 3.00 bits per heavy atom. The number of halogens is 2. The van der Waals surface area contributed by atoms with Crippen molar-refractivity contribution in [2.75, 3.05) is 26.3 Å². The molecule has 0 amide bonds. The Hall–Kier alpha value is -0.610. The van der Waals surface area contributed by atoms with Crippen molar-refractivity contribution in [3.05, 3.63) is 33.8 Å². The van der Waals surface area contributed by atoms with Crippen LogP contribution in [0.3, 0.4) is 0 Å². The van der Waals surface area contributed by atoms with E-state index in [1.54, 1.807) is 18.2 Å². The van der Waals surface area contributed by atoms with Crippen molar-refractivity contribution in [2.45, 2.75) is 25.8 Å². The zero-order valence-corrected chi connectivity index (χ0v) is 13.1. The summed E-state index contributed by atoms with van der Waals surface area (Å²) < 4.78 is 5.46. The Labute approximate surface area is 129 Å². The number of ether oxygens (including phenoxy) is 1. The average molecular weight is 316 g/mol. The van der Waals surface area contributed by atoms with E-state index in [0.29, 0.717) is 28.1 Å². The Kier molecular flexibility index (Phi) is 5.85. The molecule has 1 aliphatic rings. The molecule has 0 saturated carbocycles. The summed E-state index contributed by atoms with van der Waals surface area (Å²) in [5.41, 5.74) is 0.514. The van der Waals surface area contributed by atoms with Crippen LogP contribution in [-0.2, 0) is 4.74 Å². The first-order valence-corrected chi connectivity index (χ1v) is 7.68. The van der Waals surface area contributed by atoms with E-state index in [0.717, 1.165) is 32.7 Å². The van der Waals surface area contributed by atoms with Gasteiger partial charge in [-0.15, -0.1) is 0 Å². The van der Waals surface area contributed by atoms with Crippen molar-refractivity contribution in [1.29, 1.82) is 0 Å². The topological polar surface area (TPSA) is 29.5 Å². The molecule has 2 rings (SSSR count). The molecule has 20 heavy (non-hydrogen) atoms. The first kappa shape index (κ1) is 15.8. The van der Waals surface area contributed by atoms with Crippen molar-refractivity contribution in [3.63, 3.8) is 0 Å². The summed E-state index contributed by atoms with van der Waals surface area (Å²) in [5, 5.41) is 0.781. The first-order chi connectivity index (χ1) is 9.63. The van der Waals surface area contributed by atoms with E-state index >= 15 is 0 Å². The molecular formula is C15H19Cl2NO2. The highest BCUT2D eigenvalue weighted by atomic mass is 35.5. The minimum atomic E-state index is 0.0406. The molecule has 1 atom stereocenters. The molecule has 1 aromatic rings. The lowest BCUT2D eigenvalue weighted by molar-refractivity contribution is -0.00839. The van der Waals surface area contributed by atoms with Crippen LogP contribution in [0.4, 0.5) is 0 Å².